The zero-order valence-electron chi connectivity index (χ0n) is 12.4. The van der Waals surface area contributed by atoms with Gasteiger partial charge in [0, 0.05) is 41.6 Å². The number of nitrogens with zero attached hydrogens (tertiary/aromatic N) is 2. The molecular formula is C18H16ClN3O. The third-order valence-electron chi connectivity index (χ3n) is 4.01. The zero-order valence-corrected chi connectivity index (χ0v) is 13.2. The predicted octanol–water partition coefficient (Wildman–Crippen LogP) is 4.02. The van der Waals surface area contributed by atoms with Crippen molar-refractivity contribution in [3.63, 3.8) is 0 Å². The molecule has 0 radical (unpaired) electrons. The van der Waals surface area contributed by atoms with Gasteiger partial charge in [-0.1, -0.05) is 29.8 Å². The Hall–Kier alpha value is -2.30. The summed E-state index contributed by atoms with van der Waals surface area (Å²) >= 11 is 6.19. The summed E-state index contributed by atoms with van der Waals surface area (Å²) in [6.45, 7) is 1.68. The van der Waals surface area contributed by atoms with Crippen molar-refractivity contribution in [1.29, 1.82) is 0 Å². The van der Waals surface area contributed by atoms with Crippen LogP contribution < -0.4 is 10.1 Å². The first-order valence-electron chi connectivity index (χ1n) is 7.56. The minimum absolute atomic E-state index is 0.0668. The fourth-order valence-corrected chi connectivity index (χ4v) is 3.09. The van der Waals surface area contributed by atoms with Gasteiger partial charge in [-0.25, -0.2) is 4.98 Å². The van der Waals surface area contributed by atoms with E-state index in [1.807, 2.05) is 48.9 Å². The maximum Gasteiger partial charge on any atom is 0.132 e. The Labute approximate surface area is 139 Å². The molecule has 0 bridgehead atoms. The molecule has 23 heavy (non-hydrogen) atoms. The number of hydrogen-bond donors (Lipinski definition) is 1. The molecule has 0 aliphatic carbocycles. The van der Waals surface area contributed by atoms with Gasteiger partial charge in [0.25, 0.3) is 0 Å². The SMILES string of the molecule is Clc1ccc2c(c1)C(NCCn1ccnc1)c1ccccc1O2. The molecule has 4 nitrogen and oxygen atoms in total. The maximum absolute atomic E-state index is 6.19. The highest BCUT2D eigenvalue weighted by Gasteiger charge is 2.26. The number of halogens is 1. The fourth-order valence-electron chi connectivity index (χ4n) is 2.91. The van der Waals surface area contributed by atoms with Crippen LogP contribution in [0.5, 0.6) is 11.5 Å². The molecule has 116 valence electrons. The lowest BCUT2D eigenvalue weighted by atomic mass is 9.94. The van der Waals surface area contributed by atoms with Crippen molar-refractivity contribution < 1.29 is 4.74 Å². The molecule has 0 spiro atoms. The number of nitrogens with one attached hydrogen (secondary N) is 1. The van der Waals surface area contributed by atoms with Gasteiger partial charge >= 0.3 is 0 Å². The van der Waals surface area contributed by atoms with Crippen LogP contribution in [0.15, 0.2) is 61.2 Å². The minimum atomic E-state index is 0.0668. The predicted molar refractivity (Wildman–Crippen MR) is 90.0 cm³/mol. The van der Waals surface area contributed by atoms with Crippen molar-refractivity contribution >= 4 is 11.6 Å². The van der Waals surface area contributed by atoms with Crippen molar-refractivity contribution in [2.45, 2.75) is 12.6 Å². The molecule has 1 aromatic heterocycles. The molecule has 1 unspecified atom stereocenters. The van der Waals surface area contributed by atoms with Crippen molar-refractivity contribution in [2.24, 2.45) is 0 Å². The molecule has 5 heteroatoms. The second-order valence-electron chi connectivity index (χ2n) is 5.51. The van der Waals surface area contributed by atoms with Crippen LogP contribution in [0.2, 0.25) is 5.02 Å². The molecule has 2 aromatic carbocycles. The number of ether oxygens (including phenoxy) is 1. The maximum atomic E-state index is 6.19. The number of imidazole rings is 1. The monoisotopic (exact) mass is 325 g/mol. The summed E-state index contributed by atoms with van der Waals surface area (Å²) in [6, 6.07) is 13.9. The highest BCUT2D eigenvalue weighted by atomic mass is 35.5. The third kappa shape index (κ3) is 2.83. The largest absolute Gasteiger partial charge is 0.457 e. The van der Waals surface area contributed by atoms with Crippen LogP contribution in [0.3, 0.4) is 0 Å². The Balaban J connectivity index is 1.63. The van der Waals surface area contributed by atoms with Crippen molar-refractivity contribution in [2.75, 3.05) is 6.54 Å². The Bertz CT molecular complexity index is 817. The average molecular weight is 326 g/mol. The summed E-state index contributed by atoms with van der Waals surface area (Å²) < 4.78 is 8.05. The second kappa shape index (κ2) is 6.07. The van der Waals surface area contributed by atoms with Crippen LogP contribution in [0, 0.1) is 0 Å². The standard InChI is InChI=1S/C18H16ClN3O/c19-13-5-6-17-15(11-13)18(14-3-1-2-4-16(14)23-17)21-8-10-22-9-7-20-12-22/h1-7,9,11-12,18,21H,8,10H2. The smallest absolute Gasteiger partial charge is 0.132 e. The van der Waals surface area contributed by atoms with E-state index >= 15 is 0 Å². The number of hydrogen-bond acceptors (Lipinski definition) is 3. The van der Waals surface area contributed by atoms with Gasteiger partial charge in [0.2, 0.25) is 0 Å². The van der Waals surface area contributed by atoms with Gasteiger partial charge in [-0.05, 0) is 24.3 Å². The number of rotatable bonds is 4. The van der Waals surface area contributed by atoms with Crippen LogP contribution in [-0.2, 0) is 6.54 Å². The van der Waals surface area contributed by atoms with Crippen molar-refractivity contribution in [3.8, 4) is 11.5 Å². The Morgan fingerprint density at radius 1 is 1.13 bits per heavy atom. The minimum Gasteiger partial charge on any atom is -0.457 e. The van der Waals surface area contributed by atoms with Gasteiger partial charge in [-0.15, -0.1) is 0 Å². The molecule has 3 aromatic rings. The number of aromatic nitrogens is 2. The topological polar surface area (TPSA) is 39.1 Å². The van der Waals surface area contributed by atoms with Crippen molar-refractivity contribution in [3.05, 3.63) is 77.3 Å². The molecule has 0 amide bonds. The van der Waals surface area contributed by atoms with E-state index in [0.29, 0.717) is 5.02 Å². The van der Waals surface area contributed by atoms with Crippen LogP contribution in [0.4, 0.5) is 0 Å². The highest BCUT2D eigenvalue weighted by Crippen LogP contribution is 2.43. The average Bonchev–Trinajstić information content (AvgIpc) is 3.08. The Morgan fingerprint density at radius 2 is 2.00 bits per heavy atom. The number of para-hydroxylation sites is 1. The molecule has 0 saturated heterocycles. The second-order valence-corrected chi connectivity index (χ2v) is 5.95. The quantitative estimate of drug-likeness (QED) is 0.787. The summed E-state index contributed by atoms with van der Waals surface area (Å²) in [5.41, 5.74) is 2.20. The van der Waals surface area contributed by atoms with E-state index in [4.69, 9.17) is 16.3 Å². The van der Waals surface area contributed by atoms with Crippen molar-refractivity contribution in [1.82, 2.24) is 14.9 Å². The van der Waals surface area contributed by atoms with E-state index in [0.717, 1.165) is 35.7 Å². The van der Waals surface area contributed by atoms with E-state index in [9.17, 15) is 0 Å². The molecule has 4 rings (SSSR count). The van der Waals surface area contributed by atoms with Crippen LogP contribution in [-0.4, -0.2) is 16.1 Å². The van der Waals surface area contributed by atoms with Gasteiger partial charge in [0.15, 0.2) is 0 Å². The molecule has 2 heterocycles. The lowest BCUT2D eigenvalue weighted by Gasteiger charge is -2.29. The molecule has 1 aliphatic heterocycles. The lowest BCUT2D eigenvalue weighted by molar-refractivity contribution is 0.424. The molecule has 1 N–H and O–H groups in total. The van der Waals surface area contributed by atoms with E-state index in [2.05, 4.69) is 20.9 Å². The number of fused-ring (bicyclic) bond motifs is 2. The number of benzene rings is 2. The molecule has 0 saturated carbocycles. The third-order valence-corrected chi connectivity index (χ3v) is 4.25. The van der Waals surface area contributed by atoms with Gasteiger partial charge in [-0.3, -0.25) is 0 Å². The molecule has 1 atom stereocenters. The highest BCUT2D eigenvalue weighted by molar-refractivity contribution is 6.30. The van der Waals surface area contributed by atoms with Crippen LogP contribution >= 0.6 is 11.6 Å². The zero-order chi connectivity index (χ0) is 15.6. The lowest BCUT2D eigenvalue weighted by Crippen LogP contribution is -2.28. The molecule has 1 aliphatic rings. The molecule has 0 fully saturated rings. The summed E-state index contributed by atoms with van der Waals surface area (Å²) in [5.74, 6) is 1.75. The normalized spacial score (nSPS) is 15.6. The van der Waals surface area contributed by atoms with Gasteiger partial charge in [0.1, 0.15) is 11.5 Å². The van der Waals surface area contributed by atoms with E-state index in [-0.39, 0.29) is 6.04 Å². The Morgan fingerprint density at radius 3 is 2.87 bits per heavy atom. The Kier molecular flexibility index (Phi) is 3.77. The summed E-state index contributed by atoms with van der Waals surface area (Å²) in [7, 11) is 0. The van der Waals surface area contributed by atoms with Crippen LogP contribution in [0.1, 0.15) is 17.2 Å². The molecular weight excluding hydrogens is 310 g/mol. The van der Waals surface area contributed by atoms with E-state index < -0.39 is 0 Å². The van der Waals surface area contributed by atoms with Gasteiger partial charge < -0.3 is 14.6 Å². The van der Waals surface area contributed by atoms with Gasteiger partial charge in [0.05, 0.1) is 12.4 Å². The summed E-state index contributed by atoms with van der Waals surface area (Å²) in [6.07, 6.45) is 5.58. The summed E-state index contributed by atoms with van der Waals surface area (Å²) in [4.78, 5) is 4.07. The van der Waals surface area contributed by atoms with Crippen LogP contribution in [0.25, 0.3) is 0 Å². The fraction of sp³-hybridized carbons (Fsp3) is 0.167. The van der Waals surface area contributed by atoms with E-state index in [1.54, 1.807) is 6.20 Å². The summed E-state index contributed by atoms with van der Waals surface area (Å²) in [5, 5.41) is 4.33. The van der Waals surface area contributed by atoms with Gasteiger partial charge in [-0.2, -0.15) is 0 Å². The first-order valence-corrected chi connectivity index (χ1v) is 7.94. The first kappa shape index (κ1) is 14.3. The van der Waals surface area contributed by atoms with E-state index in [1.165, 1.54) is 0 Å². The first-order chi connectivity index (χ1) is 11.3.